The number of nitrogens with zero attached hydrogens (tertiary/aromatic N) is 3. The number of hydrogen-bond donors (Lipinski definition) is 1. The van der Waals surface area contributed by atoms with Crippen molar-refractivity contribution in [3.8, 4) is 0 Å². The number of nitrogens with one attached hydrogen (secondary N) is 1. The van der Waals surface area contributed by atoms with Gasteiger partial charge in [-0.25, -0.2) is 8.42 Å². The summed E-state index contributed by atoms with van der Waals surface area (Å²) in [6, 6.07) is 8.33. The monoisotopic (exact) mass is 430 g/mol. The molecule has 0 radical (unpaired) electrons. The van der Waals surface area contributed by atoms with Crippen LogP contribution >= 0.6 is 0 Å². The summed E-state index contributed by atoms with van der Waals surface area (Å²) in [6.45, 7) is 5.00. The van der Waals surface area contributed by atoms with Crippen LogP contribution in [-0.2, 0) is 27.8 Å². The van der Waals surface area contributed by atoms with Crippen LogP contribution in [0, 0.1) is 13.8 Å². The number of aromatic nitrogens is 2. The predicted molar refractivity (Wildman–Crippen MR) is 115 cm³/mol. The Bertz CT molecular complexity index is 1040. The van der Waals surface area contributed by atoms with Gasteiger partial charge >= 0.3 is 0 Å². The van der Waals surface area contributed by atoms with Gasteiger partial charge < -0.3 is 5.32 Å². The Morgan fingerprint density at radius 1 is 1.17 bits per heavy atom. The molecule has 2 aliphatic rings. The molecule has 1 atom stereocenters. The highest BCUT2D eigenvalue weighted by Gasteiger charge is 2.32. The molecule has 1 amide bonds. The van der Waals surface area contributed by atoms with E-state index in [9.17, 15) is 13.2 Å². The highest BCUT2D eigenvalue weighted by Crippen LogP contribution is 2.30. The number of fused-ring (bicyclic) bond motifs is 1. The van der Waals surface area contributed by atoms with E-state index in [2.05, 4.69) is 22.5 Å². The van der Waals surface area contributed by atoms with Gasteiger partial charge in [0.2, 0.25) is 15.9 Å². The first kappa shape index (κ1) is 21.1. The van der Waals surface area contributed by atoms with Gasteiger partial charge in [-0.1, -0.05) is 24.3 Å². The molecule has 8 heteroatoms. The largest absolute Gasteiger partial charge is 0.349 e. The number of rotatable bonds is 6. The molecular weight excluding hydrogens is 400 g/mol. The van der Waals surface area contributed by atoms with E-state index in [0.29, 0.717) is 35.9 Å². The lowest BCUT2D eigenvalue weighted by Gasteiger charge is -2.26. The van der Waals surface area contributed by atoms with E-state index in [-0.39, 0.29) is 18.4 Å². The molecule has 1 aliphatic heterocycles. The van der Waals surface area contributed by atoms with Gasteiger partial charge in [-0.05, 0) is 57.1 Å². The van der Waals surface area contributed by atoms with Crippen molar-refractivity contribution in [1.82, 2.24) is 19.4 Å². The van der Waals surface area contributed by atoms with Crippen molar-refractivity contribution >= 4 is 15.9 Å². The Balaban J connectivity index is 1.43. The molecule has 1 saturated heterocycles. The van der Waals surface area contributed by atoms with Gasteiger partial charge in [0.05, 0.1) is 24.0 Å². The molecule has 2 aromatic rings. The Morgan fingerprint density at radius 3 is 2.67 bits per heavy atom. The third-order valence-electron chi connectivity index (χ3n) is 6.23. The molecule has 0 spiro atoms. The lowest BCUT2D eigenvalue weighted by molar-refractivity contribution is -0.122. The van der Waals surface area contributed by atoms with Crippen LogP contribution in [0.5, 0.6) is 0 Å². The van der Waals surface area contributed by atoms with Crippen LogP contribution in [-0.4, -0.2) is 41.5 Å². The smallest absolute Gasteiger partial charge is 0.246 e. The highest BCUT2D eigenvalue weighted by molar-refractivity contribution is 7.89. The maximum Gasteiger partial charge on any atom is 0.246 e. The Hall–Kier alpha value is -2.19. The summed E-state index contributed by atoms with van der Waals surface area (Å²) >= 11 is 0. The average Bonchev–Trinajstić information content (AvgIpc) is 3.36. The summed E-state index contributed by atoms with van der Waals surface area (Å²) in [4.78, 5) is 12.9. The second-order valence-electron chi connectivity index (χ2n) is 8.30. The van der Waals surface area contributed by atoms with Gasteiger partial charge in [0.25, 0.3) is 0 Å². The molecule has 1 fully saturated rings. The number of amides is 1. The maximum absolute atomic E-state index is 13.0. The van der Waals surface area contributed by atoms with Crippen molar-refractivity contribution in [3.05, 3.63) is 46.8 Å². The fourth-order valence-electron chi connectivity index (χ4n) is 4.71. The lowest BCUT2D eigenvalue weighted by Crippen LogP contribution is -2.31. The number of benzene rings is 1. The Morgan fingerprint density at radius 2 is 1.90 bits per heavy atom. The van der Waals surface area contributed by atoms with E-state index >= 15 is 0 Å². The highest BCUT2D eigenvalue weighted by atomic mass is 32.2. The van der Waals surface area contributed by atoms with Gasteiger partial charge in [-0.15, -0.1) is 0 Å². The minimum absolute atomic E-state index is 0.0341. The maximum atomic E-state index is 13.0. The van der Waals surface area contributed by atoms with Crippen molar-refractivity contribution in [2.45, 2.75) is 69.9 Å². The zero-order valence-corrected chi connectivity index (χ0v) is 18.5. The normalized spacial score (nSPS) is 19.6. The molecule has 0 bridgehead atoms. The van der Waals surface area contributed by atoms with Crippen molar-refractivity contribution < 1.29 is 13.2 Å². The SMILES string of the molecule is Cc1nn(CCC(=O)N[C@@H]2CCCc3ccccc32)c(C)c1S(=O)(=O)N1CCCC1. The average molecular weight is 431 g/mol. The van der Waals surface area contributed by atoms with Crippen LogP contribution in [0.15, 0.2) is 29.2 Å². The van der Waals surface area contributed by atoms with Crippen molar-refractivity contribution in [3.63, 3.8) is 0 Å². The van der Waals surface area contributed by atoms with E-state index in [4.69, 9.17) is 0 Å². The Kier molecular flexibility index (Phi) is 5.97. The van der Waals surface area contributed by atoms with Gasteiger partial charge in [0.1, 0.15) is 4.90 Å². The number of carbonyl (C=O) groups is 1. The third-order valence-corrected chi connectivity index (χ3v) is 8.39. The predicted octanol–water partition coefficient (Wildman–Crippen LogP) is 2.87. The molecule has 1 aromatic carbocycles. The summed E-state index contributed by atoms with van der Waals surface area (Å²) in [7, 11) is -3.52. The molecule has 1 aromatic heterocycles. The summed E-state index contributed by atoms with van der Waals surface area (Å²) in [5, 5.41) is 7.59. The van der Waals surface area contributed by atoms with Crippen LogP contribution in [0.2, 0.25) is 0 Å². The zero-order chi connectivity index (χ0) is 21.3. The van der Waals surface area contributed by atoms with Crippen LogP contribution in [0.3, 0.4) is 0 Å². The number of aryl methyl sites for hydroxylation is 3. The molecular formula is C22H30N4O3S. The van der Waals surface area contributed by atoms with Gasteiger partial charge in [0.15, 0.2) is 0 Å². The third kappa shape index (κ3) is 4.03. The van der Waals surface area contributed by atoms with Gasteiger partial charge in [-0.2, -0.15) is 9.40 Å². The second kappa shape index (κ2) is 8.51. The molecule has 162 valence electrons. The topological polar surface area (TPSA) is 84.3 Å². The van der Waals surface area contributed by atoms with E-state index in [1.165, 1.54) is 11.1 Å². The number of hydrogen-bond acceptors (Lipinski definition) is 4. The van der Waals surface area contributed by atoms with Crippen molar-refractivity contribution in [1.29, 1.82) is 0 Å². The number of carbonyl (C=O) groups excluding carboxylic acids is 1. The van der Waals surface area contributed by atoms with Gasteiger partial charge in [-0.3, -0.25) is 9.48 Å². The van der Waals surface area contributed by atoms with Gasteiger partial charge in [0, 0.05) is 19.5 Å². The molecule has 7 nitrogen and oxygen atoms in total. The van der Waals surface area contributed by atoms with E-state index < -0.39 is 10.0 Å². The molecule has 0 saturated carbocycles. The Labute approximate surface area is 178 Å². The molecule has 2 heterocycles. The second-order valence-corrected chi connectivity index (χ2v) is 10.2. The standard InChI is InChI=1S/C22H30N4O3S/c1-16-22(30(28,29)25-13-5-6-14-25)17(2)26(24-16)15-12-21(27)23-20-11-7-9-18-8-3-4-10-19(18)20/h3-4,8,10,20H,5-7,9,11-15H2,1-2H3,(H,23,27)/t20-/m1/s1. The molecule has 0 unspecified atom stereocenters. The van der Waals surface area contributed by atoms with Crippen molar-refractivity contribution in [2.75, 3.05) is 13.1 Å². The first-order valence-electron chi connectivity index (χ1n) is 10.8. The first-order chi connectivity index (χ1) is 14.4. The minimum atomic E-state index is -3.52. The fraction of sp³-hybridized carbons (Fsp3) is 0.545. The number of sulfonamides is 1. The molecule has 30 heavy (non-hydrogen) atoms. The van der Waals surface area contributed by atoms with E-state index in [0.717, 1.165) is 32.1 Å². The molecule has 4 rings (SSSR count). The fourth-order valence-corrected chi connectivity index (χ4v) is 6.60. The van der Waals surface area contributed by atoms with Crippen LogP contribution in [0.4, 0.5) is 0 Å². The first-order valence-corrected chi connectivity index (χ1v) is 12.2. The lowest BCUT2D eigenvalue weighted by atomic mass is 9.88. The van der Waals surface area contributed by atoms with Crippen LogP contribution in [0.1, 0.15) is 60.7 Å². The summed E-state index contributed by atoms with van der Waals surface area (Å²) in [5.74, 6) is -0.0341. The molecule has 1 N–H and O–H groups in total. The van der Waals surface area contributed by atoms with Crippen molar-refractivity contribution in [2.24, 2.45) is 0 Å². The quantitative estimate of drug-likeness (QED) is 0.764. The van der Waals surface area contributed by atoms with Crippen LogP contribution < -0.4 is 5.32 Å². The van der Waals surface area contributed by atoms with E-state index in [1.807, 2.05) is 12.1 Å². The summed E-state index contributed by atoms with van der Waals surface area (Å²) in [5.41, 5.74) is 3.63. The van der Waals surface area contributed by atoms with Crippen LogP contribution in [0.25, 0.3) is 0 Å². The zero-order valence-electron chi connectivity index (χ0n) is 17.7. The summed E-state index contributed by atoms with van der Waals surface area (Å²) in [6.07, 6.45) is 5.14. The summed E-state index contributed by atoms with van der Waals surface area (Å²) < 4.78 is 29.2. The molecule has 1 aliphatic carbocycles. The van der Waals surface area contributed by atoms with E-state index in [1.54, 1.807) is 22.8 Å². The minimum Gasteiger partial charge on any atom is -0.349 e.